The lowest BCUT2D eigenvalue weighted by Crippen LogP contribution is -2.25. The number of fused-ring (bicyclic) bond motifs is 1. The van der Waals surface area contributed by atoms with E-state index in [1.807, 2.05) is 24.3 Å². The van der Waals surface area contributed by atoms with Crippen molar-refractivity contribution in [1.82, 2.24) is 14.9 Å². The summed E-state index contributed by atoms with van der Waals surface area (Å²) in [4.78, 5) is 17.2. The first-order chi connectivity index (χ1) is 16.0. The quantitative estimate of drug-likeness (QED) is 0.323. The van der Waals surface area contributed by atoms with E-state index in [1.54, 1.807) is 24.3 Å². The van der Waals surface area contributed by atoms with E-state index in [9.17, 15) is 4.79 Å². The van der Waals surface area contributed by atoms with Gasteiger partial charge in [-0.05, 0) is 62.2 Å². The number of rotatable bonds is 9. The molecule has 3 aromatic carbocycles. The van der Waals surface area contributed by atoms with Crippen molar-refractivity contribution in [2.24, 2.45) is 0 Å². The van der Waals surface area contributed by atoms with E-state index in [4.69, 9.17) is 21.3 Å². The Balaban J connectivity index is 1.38. The second-order valence-electron chi connectivity index (χ2n) is 8.16. The van der Waals surface area contributed by atoms with Crippen LogP contribution in [0.4, 0.5) is 0 Å². The van der Waals surface area contributed by atoms with E-state index < -0.39 is 0 Å². The zero-order chi connectivity index (χ0) is 23.2. The molecule has 0 bridgehead atoms. The Hall–Kier alpha value is -3.31. The van der Waals surface area contributed by atoms with Gasteiger partial charge in [-0.25, -0.2) is 4.98 Å². The molecule has 0 atom stereocenters. The van der Waals surface area contributed by atoms with Crippen molar-refractivity contribution < 1.29 is 9.53 Å². The number of carbonyl (C=O) groups is 1. The summed E-state index contributed by atoms with van der Waals surface area (Å²) in [5.74, 6) is 1.79. The number of benzene rings is 3. The van der Waals surface area contributed by atoms with Gasteiger partial charge in [0.2, 0.25) is 0 Å². The first-order valence-electron chi connectivity index (χ1n) is 11.2. The Kier molecular flexibility index (Phi) is 7.30. The number of carbonyl (C=O) groups excluding carboxylic acids is 1. The number of halogens is 1. The highest BCUT2D eigenvalue weighted by molar-refractivity contribution is 6.30. The predicted molar refractivity (Wildman–Crippen MR) is 133 cm³/mol. The molecule has 1 amide bonds. The number of aromatic nitrogens is 2. The predicted octanol–water partition coefficient (Wildman–Crippen LogP) is 5.75. The molecule has 1 heterocycles. The molecular formula is C27H28ClN3O2. The first kappa shape index (κ1) is 22.9. The Labute approximate surface area is 199 Å². The molecule has 0 fully saturated rings. The molecule has 0 saturated heterocycles. The van der Waals surface area contributed by atoms with Crippen LogP contribution >= 0.6 is 11.6 Å². The highest BCUT2D eigenvalue weighted by Gasteiger charge is 2.11. The van der Waals surface area contributed by atoms with Crippen molar-refractivity contribution in [1.29, 1.82) is 0 Å². The van der Waals surface area contributed by atoms with E-state index in [1.165, 1.54) is 5.56 Å². The van der Waals surface area contributed by atoms with Crippen LogP contribution < -0.4 is 10.1 Å². The van der Waals surface area contributed by atoms with Gasteiger partial charge >= 0.3 is 0 Å². The number of para-hydroxylation sites is 2. The summed E-state index contributed by atoms with van der Waals surface area (Å²) >= 11 is 5.98. The fraction of sp³-hybridized carbons (Fsp3) is 0.259. The summed E-state index contributed by atoms with van der Waals surface area (Å²) in [5, 5.41) is 3.52. The highest BCUT2D eigenvalue weighted by atomic mass is 35.5. The topological polar surface area (TPSA) is 56.1 Å². The molecule has 6 heteroatoms. The maximum Gasteiger partial charge on any atom is 0.251 e. The van der Waals surface area contributed by atoms with Crippen LogP contribution in [0.5, 0.6) is 5.75 Å². The van der Waals surface area contributed by atoms with Gasteiger partial charge in [0.05, 0.1) is 17.6 Å². The summed E-state index contributed by atoms with van der Waals surface area (Å²) in [6.45, 7) is 5.98. The van der Waals surface area contributed by atoms with Gasteiger partial charge in [-0.15, -0.1) is 0 Å². The lowest BCUT2D eigenvalue weighted by molar-refractivity contribution is 0.0953. The standard InChI is InChI=1S/C27H28ClN3O2/c1-19-12-13-25(20(2)17-19)33-16-15-31-24-10-4-3-9-23(24)30-26(31)11-6-14-29-27(32)21-7-5-8-22(28)18-21/h3-5,7-10,12-13,17-18H,6,11,14-16H2,1-2H3,(H,29,32). The molecule has 0 aliphatic carbocycles. The Morgan fingerprint density at radius 2 is 1.91 bits per heavy atom. The second kappa shape index (κ2) is 10.5. The van der Waals surface area contributed by atoms with Crippen molar-refractivity contribution in [3.63, 3.8) is 0 Å². The lowest BCUT2D eigenvalue weighted by Gasteiger charge is -2.13. The number of hydrogen-bond donors (Lipinski definition) is 1. The molecule has 4 rings (SSSR count). The molecule has 33 heavy (non-hydrogen) atoms. The summed E-state index contributed by atoms with van der Waals surface area (Å²) < 4.78 is 8.29. The van der Waals surface area contributed by atoms with Gasteiger partial charge in [0.1, 0.15) is 18.2 Å². The minimum absolute atomic E-state index is 0.118. The van der Waals surface area contributed by atoms with Crippen LogP contribution in [0, 0.1) is 13.8 Å². The lowest BCUT2D eigenvalue weighted by atomic mass is 10.1. The van der Waals surface area contributed by atoms with Gasteiger partial charge in [0, 0.05) is 23.6 Å². The summed E-state index contributed by atoms with van der Waals surface area (Å²) in [6.07, 6.45) is 1.54. The number of amides is 1. The van der Waals surface area contributed by atoms with E-state index in [2.05, 4.69) is 41.9 Å². The average Bonchev–Trinajstić information content (AvgIpc) is 3.15. The molecule has 0 radical (unpaired) electrons. The van der Waals surface area contributed by atoms with Crippen LogP contribution in [-0.4, -0.2) is 28.6 Å². The van der Waals surface area contributed by atoms with Crippen molar-refractivity contribution in [3.8, 4) is 5.75 Å². The van der Waals surface area contributed by atoms with E-state index in [0.717, 1.165) is 41.0 Å². The van der Waals surface area contributed by atoms with Gasteiger partial charge in [0.15, 0.2) is 0 Å². The fourth-order valence-corrected chi connectivity index (χ4v) is 4.14. The zero-order valence-electron chi connectivity index (χ0n) is 19.0. The molecular weight excluding hydrogens is 434 g/mol. The van der Waals surface area contributed by atoms with Crippen molar-refractivity contribution in [2.75, 3.05) is 13.2 Å². The third-order valence-corrected chi connectivity index (χ3v) is 5.82. The van der Waals surface area contributed by atoms with Crippen LogP contribution in [0.25, 0.3) is 11.0 Å². The Morgan fingerprint density at radius 1 is 1.06 bits per heavy atom. The number of imidazole rings is 1. The monoisotopic (exact) mass is 461 g/mol. The molecule has 1 aromatic heterocycles. The molecule has 1 N–H and O–H groups in total. The van der Waals surface area contributed by atoms with Crippen LogP contribution in [-0.2, 0) is 13.0 Å². The minimum atomic E-state index is -0.118. The van der Waals surface area contributed by atoms with E-state index >= 15 is 0 Å². The maximum absolute atomic E-state index is 12.3. The molecule has 0 aliphatic heterocycles. The molecule has 0 spiro atoms. The van der Waals surface area contributed by atoms with Crippen LogP contribution in [0.2, 0.25) is 5.02 Å². The second-order valence-corrected chi connectivity index (χ2v) is 8.59. The summed E-state index contributed by atoms with van der Waals surface area (Å²) in [7, 11) is 0. The van der Waals surface area contributed by atoms with Crippen LogP contribution in [0.1, 0.15) is 33.7 Å². The molecule has 0 saturated carbocycles. The third kappa shape index (κ3) is 5.74. The smallest absolute Gasteiger partial charge is 0.251 e. The molecule has 170 valence electrons. The third-order valence-electron chi connectivity index (χ3n) is 5.59. The normalized spacial score (nSPS) is 11.0. The van der Waals surface area contributed by atoms with Crippen LogP contribution in [0.15, 0.2) is 66.7 Å². The van der Waals surface area contributed by atoms with Gasteiger partial charge in [0.25, 0.3) is 5.91 Å². The van der Waals surface area contributed by atoms with Gasteiger partial charge < -0.3 is 14.6 Å². The van der Waals surface area contributed by atoms with E-state index in [-0.39, 0.29) is 5.91 Å². The minimum Gasteiger partial charge on any atom is -0.491 e. The average molecular weight is 462 g/mol. The fourth-order valence-electron chi connectivity index (χ4n) is 3.95. The highest BCUT2D eigenvalue weighted by Crippen LogP contribution is 2.20. The van der Waals surface area contributed by atoms with Gasteiger partial charge in [-0.2, -0.15) is 0 Å². The van der Waals surface area contributed by atoms with Crippen molar-refractivity contribution in [2.45, 2.75) is 33.2 Å². The van der Waals surface area contributed by atoms with E-state index in [0.29, 0.717) is 30.3 Å². The van der Waals surface area contributed by atoms with Crippen molar-refractivity contribution in [3.05, 3.63) is 94.3 Å². The Morgan fingerprint density at radius 3 is 2.73 bits per heavy atom. The zero-order valence-corrected chi connectivity index (χ0v) is 19.7. The molecule has 0 unspecified atom stereocenters. The largest absolute Gasteiger partial charge is 0.491 e. The number of ether oxygens (including phenoxy) is 1. The number of hydrogen-bond acceptors (Lipinski definition) is 3. The first-order valence-corrected chi connectivity index (χ1v) is 11.6. The van der Waals surface area contributed by atoms with Gasteiger partial charge in [-0.1, -0.05) is 47.5 Å². The van der Waals surface area contributed by atoms with Gasteiger partial charge in [-0.3, -0.25) is 4.79 Å². The maximum atomic E-state index is 12.3. The Bertz CT molecular complexity index is 1270. The SMILES string of the molecule is Cc1ccc(OCCn2c(CCCNC(=O)c3cccc(Cl)c3)nc3ccccc32)c(C)c1. The molecule has 4 aromatic rings. The summed E-state index contributed by atoms with van der Waals surface area (Å²) in [6, 6.07) is 21.3. The number of nitrogens with one attached hydrogen (secondary N) is 1. The van der Waals surface area contributed by atoms with Crippen molar-refractivity contribution >= 4 is 28.5 Å². The number of aryl methyl sites for hydroxylation is 3. The van der Waals surface area contributed by atoms with Crippen LogP contribution in [0.3, 0.4) is 0 Å². The number of nitrogens with zero attached hydrogens (tertiary/aromatic N) is 2. The molecule has 0 aliphatic rings. The molecule has 5 nitrogen and oxygen atoms in total. The summed E-state index contributed by atoms with van der Waals surface area (Å²) in [5.41, 5.74) is 5.01.